The van der Waals surface area contributed by atoms with Gasteiger partial charge in [0.2, 0.25) is 15.8 Å². The van der Waals surface area contributed by atoms with Crippen LogP contribution in [0.15, 0.2) is 60.7 Å². The normalized spacial score (nSPS) is 12.3. The minimum Gasteiger partial charge on any atom is -0.507 e. The van der Waals surface area contributed by atoms with Gasteiger partial charge in [0, 0.05) is 11.3 Å². The van der Waals surface area contributed by atoms with E-state index in [1.54, 1.807) is 12.1 Å². The minimum atomic E-state index is -3.42. The molecule has 0 saturated heterocycles. The predicted octanol–water partition coefficient (Wildman–Crippen LogP) is 3.35. The fourth-order valence-electron chi connectivity index (χ4n) is 2.82. The Balaban J connectivity index is 1.74. The van der Waals surface area contributed by atoms with Crippen molar-refractivity contribution < 1.29 is 27.9 Å². The molecular weight excluding hydrogens is 394 g/mol. The van der Waals surface area contributed by atoms with Crippen LogP contribution in [0.2, 0.25) is 0 Å². The molecule has 0 heterocycles. The van der Waals surface area contributed by atoms with E-state index in [0.29, 0.717) is 5.69 Å². The van der Waals surface area contributed by atoms with Gasteiger partial charge in [-0.3, -0.25) is 9.52 Å². The van der Waals surface area contributed by atoms with Crippen molar-refractivity contribution in [1.29, 1.82) is 0 Å². The number of aromatic hydroxyl groups is 1. The summed E-state index contributed by atoms with van der Waals surface area (Å²) in [5.74, 6) is -1.50. The largest absolute Gasteiger partial charge is 0.507 e. The highest BCUT2D eigenvalue weighted by atomic mass is 32.2. The first-order valence-electron chi connectivity index (χ1n) is 8.69. The van der Waals surface area contributed by atoms with Gasteiger partial charge >= 0.3 is 5.97 Å². The Morgan fingerprint density at radius 1 is 1.00 bits per heavy atom. The predicted molar refractivity (Wildman–Crippen MR) is 110 cm³/mol. The van der Waals surface area contributed by atoms with E-state index in [4.69, 9.17) is 4.74 Å². The summed E-state index contributed by atoms with van der Waals surface area (Å²) in [6, 6.07) is 16.0. The third-order valence-electron chi connectivity index (χ3n) is 4.21. The summed E-state index contributed by atoms with van der Waals surface area (Å²) in [6.45, 7) is 1.43. The second-order valence-corrected chi connectivity index (χ2v) is 8.33. The second-order valence-electron chi connectivity index (χ2n) is 6.58. The molecule has 3 aromatic carbocycles. The standard InChI is InChI=1S/C21H19NO6S/c1-13(20(24)14-7-9-17(10-8-14)22-29(2,26)27)28-21(25)18-11-15-5-3-4-6-16(15)12-19(18)23/h3-13,22-23H,1-2H3. The lowest BCUT2D eigenvalue weighted by atomic mass is 10.1. The zero-order chi connectivity index (χ0) is 21.2. The molecule has 0 amide bonds. The number of anilines is 1. The highest BCUT2D eigenvalue weighted by Gasteiger charge is 2.22. The Morgan fingerprint density at radius 2 is 1.59 bits per heavy atom. The molecule has 1 atom stereocenters. The zero-order valence-electron chi connectivity index (χ0n) is 15.7. The van der Waals surface area contributed by atoms with E-state index in [0.717, 1.165) is 17.0 Å². The maximum absolute atomic E-state index is 12.5. The van der Waals surface area contributed by atoms with E-state index < -0.39 is 27.9 Å². The number of benzene rings is 3. The summed E-state index contributed by atoms with van der Waals surface area (Å²) in [5.41, 5.74) is 0.540. The molecule has 0 saturated carbocycles. The van der Waals surface area contributed by atoms with Gasteiger partial charge in [0.25, 0.3) is 0 Å². The maximum Gasteiger partial charge on any atom is 0.342 e. The van der Waals surface area contributed by atoms with Crippen LogP contribution in [0.4, 0.5) is 5.69 Å². The number of phenols is 1. The number of Topliss-reactive ketones (excluding diaryl/α,β-unsaturated/α-hetero) is 1. The lowest BCUT2D eigenvalue weighted by Gasteiger charge is -2.14. The number of hydrogen-bond donors (Lipinski definition) is 2. The van der Waals surface area contributed by atoms with Gasteiger partial charge in [0.05, 0.1) is 6.26 Å². The van der Waals surface area contributed by atoms with Gasteiger partial charge in [-0.1, -0.05) is 24.3 Å². The number of phenolic OH excluding ortho intramolecular Hbond substituents is 1. The van der Waals surface area contributed by atoms with Crippen LogP contribution in [-0.2, 0) is 14.8 Å². The van der Waals surface area contributed by atoms with Crippen LogP contribution in [0.3, 0.4) is 0 Å². The van der Waals surface area contributed by atoms with Crippen molar-refractivity contribution in [3.05, 3.63) is 71.8 Å². The Bertz CT molecular complexity index is 1190. The van der Waals surface area contributed by atoms with Crippen LogP contribution in [-0.4, -0.2) is 37.6 Å². The molecule has 3 aromatic rings. The van der Waals surface area contributed by atoms with E-state index in [9.17, 15) is 23.1 Å². The van der Waals surface area contributed by atoms with Crippen molar-refractivity contribution in [2.75, 3.05) is 11.0 Å². The lowest BCUT2D eigenvalue weighted by molar-refractivity contribution is 0.0316. The molecule has 3 rings (SSSR count). The summed E-state index contributed by atoms with van der Waals surface area (Å²) in [4.78, 5) is 25.0. The molecular formula is C21H19NO6S. The van der Waals surface area contributed by atoms with Gasteiger partial charge in [-0.25, -0.2) is 13.2 Å². The molecule has 0 aliphatic heterocycles. The van der Waals surface area contributed by atoms with Gasteiger partial charge < -0.3 is 9.84 Å². The SMILES string of the molecule is CC(OC(=O)c1cc2ccccc2cc1O)C(=O)c1ccc(NS(C)(=O)=O)cc1. The van der Waals surface area contributed by atoms with Crippen LogP contribution >= 0.6 is 0 Å². The van der Waals surface area contributed by atoms with Crippen molar-refractivity contribution >= 4 is 38.2 Å². The highest BCUT2D eigenvalue weighted by molar-refractivity contribution is 7.92. The van der Waals surface area contributed by atoms with Gasteiger partial charge in [0.15, 0.2) is 6.10 Å². The van der Waals surface area contributed by atoms with Gasteiger partial charge in [-0.05, 0) is 54.1 Å². The fraction of sp³-hybridized carbons (Fsp3) is 0.143. The van der Waals surface area contributed by atoms with Gasteiger partial charge in [-0.15, -0.1) is 0 Å². The first kappa shape index (κ1) is 20.3. The van der Waals surface area contributed by atoms with Gasteiger partial charge in [-0.2, -0.15) is 0 Å². The second kappa shape index (κ2) is 7.92. The van der Waals surface area contributed by atoms with E-state index in [-0.39, 0.29) is 16.9 Å². The minimum absolute atomic E-state index is 0.0314. The lowest BCUT2D eigenvalue weighted by Crippen LogP contribution is -2.24. The zero-order valence-corrected chi connectivity index (χ0v) is 16.6. The van der Waals surface area contributed by atoms with Crippen LogP contribution < -0.4 is 4.72 Å². The van der Waals surface area contributed by atoms with E-state index in [1.165, 1.54) is 43.3 Å². The molecule has 0 aromatic heterocycles. The third kappa shape index (κ3) is 4.91. The highest BCUT2D eigenvalue weighted by Crippen LogP contribution is 2.26. The monoisotopic (exact) mass is 413 g/mol. The Kier molecular flexibility index (Phi) is 5.56. The van der Waals surface area contributed by atoms with E-state index >= 15 is 0 Å². The number of nitrogens with one attached hydrogen (secondary N) is 1. The molecule has 7 nitrogen and oxygen atoms in total. The Morgan fingerprint density at radius 3 is 2.17 bits per heavy atom. The summed E-state index contributed by atoms with van der Waals surface area (Å²) in [5, 5.41) is 11.7. The Labute approximate surface area is 168 Å². The Hall–Kier alpha value is -3.39. The number of esters is 1. The number of sulfonamides is 1. The average Bonchev–Trinajstić information content (AvgIpc) is 2.66. The molecule has 0 radical (unpaired) electrons. The van der Waals surface area contributed by atoms with Crippen molar-refractivity contribution in [3.8, 4) is 5.75 Å². The van der Waals surface area contributed by atoms with E-state index in [2.05, 4.69) is 4.72 Å². The number of carbonyl (C=O) groups is 2. The van der Waals surface area contributed by atoms with E-state index in [1.807, 2.05) is 12.1 Å². The molecule has 0 spiro atoms. The fourth-order valence-corrected chi connectivity index (χ4v) is 3.38. The molecule has 0 aliphatic carbocycles. The van der Waals surface area contributed by atoms with Crippen molar-refractivity contribution in [2.45, 2.75) is 13.0 Å². The number of ether oxygens (including phenoxy) is 1. The number of ketones is 1. The van der Waals surface area contributed by atoms with Crippen LogP contribution in [0.25, 0.3) is 10.8 Å². The van der Waals surface area contributed by atoms with Gasteiger partial charge in [0.1, 0.15) is 11.3 Å². The summed E-state index contributed by atoms with van der Waals surface area (Å²) in [6.07, 6.45) is -0.0717. The molecule has 8 heteroatoms. The van der Waals surface area contributed by atoms with Crippen molar-refractivity contribution in [3.63, 3.8) is 0 Å². The van der Waals surface area contributed by atoms with Crippen molar-refractivity contribution in [2.24, 2.45) is 0 Å². The number of fused-ring (bicyclic) bond motifs is 1. The number of rotatable bonds is 6. The van der Waals surface area contributed by atoms with Crippen molar-refractivity contribution in [1.82, 2.24) is 0 Å². The topological polar surface area (TPSA) is 110 Å². The average molecular weight is 413 g/mol. The molecule has 2 N–H and O–H groups in total. The quantitative estimate of drug-likeness (QED) is 0.474. The summed E-state index contributed by atoms with van der Waals surface area (Å²) >= 11 is 0. The molecule has 150 valence electrons. The first-order valence-corrected chi connectivity index (χ1v) is 10.6. The van der Waals surface area contributed by atoms with Crippen LogP contribution in [0.1, 0.15) is 27.6 Å². The molecule has 0 bridgehead atoms. The number of carbonyl (C=O) groups excluding carboxylic acids is 2. The number of hydrogen-bond acceptors (Lipinski definition) is 6. The smallest absolute Gasteiger partial charge is 0.342 e. The third-order valence-corrected chi connectivity index (χ3v) is 4.82. The summed E-state index contributed by atoms with van der Waals surface area (Å²) in [7, 11) is -3.42. The molecule has 0 fully saturated rings. The molecule has 29 heavy (non-hydrogen) atoms. The van der Waals surface area contributed by atoms with Crippen LogP contribution in [0, 0.1) is 0 Å². The first-order chi connectivity index (χ1) is 13.6. The van der Waals surface area contributed by atoms with Crippen LogP contribution in [0.5, 0.6) is 5.75 Å². The maximum atomic E-state index is 12.5. The molecule has 1 unspecified atom stereocenters. The molecule has 0 aliphatic rings. The summed E-state index contributed by atoms with van der Waals surface area (Å²) < 4.78 is 30.0.